The molecule has 2 N–H and O–H groups in total. The van der Waals surface area contributed by atoms with Crippen LogP contribution in [0.3, 0.4) is 0 Å². The van der Waals surface area contributed by atoms with Gasteiger partial charge < -0.3 is 4.84 Å². The van der Waals surface area contributed by atoms with Crippen LogP contribution >= 0.6 is 0 Å². The lowest BCUT2D eigenvalue weighted by atomic mass is 10.00. The molecule has 0 aliphatic heterocycles. The molecule has 0 aromatic heterocycles. The summed E-state index contributed by atoms with van der Waals surface area (Å²) >= 11 is 0. The smallest absolute Gasteiger partial charge is 0.273 e. The van der Waals surface area contributed by atoms with Crippen LogP contribution in [0, 0.1) is 15.9 Å². The van der Waals surface area contributed by atoms with Gasteiger partial charge in [-0.2, -0.15) is 0 Å². The largest absolute Gasteiger partial charge is 0.304 e. The molecule has 1 unspecified atom stereocenters. The first-order chi connectivity index (χ1) is 7.06. The van der Waals surface area contributed by atoms with Gasteiger partial charge in [-0.15, -0.1) is 0 Å². The Morgan fingerprint density at radius 3 is 2.87 bits per heavy atom. The quantitative estimate of drug-likeness (QED) is 0.611. The lowest BCUT2D eigenvalue weighted by Crippen LogP contribution is -2.10. The summed E-state index contributed by atoms with van der Waals surface area (Å²) in [7, 11) is 0. The number of nitrogens with zero attached hydrogens (tertiary/aromatic N) is 1. The molecule has 0 radical (unpaired) electrons. The van der Waals surface area contributed by atoms with E-state index in [2.05, 4.69) is 4.84 Å². The van der Waals surface area contributed by atoms with Gasteiger partial charge in [0.25, 0.3) is 5.69 Å². The molecule has 5 nitrogen and oxygen atoms in total. The molecule has 82 valence electrons. The number of nitro benzene ring substituents is 1. The second-order valence-electron chi connectivity index (χ2n) is 3.19. The summed E-state index contributed by atoms with van der Waals surface area (Å²) in [6.07, 6.45) is 0. The zero-order valence-corrected chi connectivity index (χ0v) is 8.14. The average Bonchev–Trinajstić information content (AvgIpc) is 2.17. The molecule has 6 heteroatoms. The number of nitro groups is 1. The van der Waals surface area contributed by atoms with Crippen LogP contribution in [0.4, 0.5) is 10.1 Å². The Morgan fingerprint density at radius 2 is 2.33 bits per heavy atom. The van der Waals surface area contributed by atoms with Crippen LogP contribution < -0.4 is 5.90 Å². The normalized spacial score (nSPS) is 12.5. The minimum absolute atomic E-state index is 0.101. The van der Waals surface area contributed by atoms with E-state index in [1.807, 2.05) is 0 Å². The van der Waals surface area contributed by atoms with Gasteiger partial charge in [-0.1, -0.05) is 6.92 Å². The van der Waals surface area contributed by atoms with E-state index in [1.54, 1.807) is 6.92 Å². The average molecular weight is 214 g/mol. The number of benzene rings is 1. The molecule has 1 aromatic carbocycles. The highest BCUT2D eigenvalue weighted by Gasteiger charge is 2.19. The molecule has 0 saturated heterocycles. The van der Waals surface area contributed by atoms with Gasteiger partial charge in [0.2, 0.25) is 0 Å². The number of nitrogens with two attached hydrogens (primary N) is 1. The van der Waals surface area contributed by atoms with Gasteiger partial charge in [0.1, 0.15) is 5.82 Å². The van der Waals surface area contributed by atoms with Crippen molar-refractivity contribution in [1.29, 1.82) is 0 Å². The van der Waals surface area contributed by atoms with Gasteiger partial charge in [-0.05, 0) is 12.1 Å². The number of hydrogen-bond acceptors (Lipinski definition) is 4. The van der Waals surface area contributed by atoms with Gasteiger partial charge in [0, 0.05) is 17.5 Å². The van der Waals surface area contributed by atoms with Gasteiger partial charge >= 0.3 is 0 Å². The Labute approximate surface area is 85.8 Å². The number of halogens is 1. The van der Waals surface area contributed by atoms with Crippen LogP contribution in [0.25, 0.3) is 0 Å². The summed E-state index contributed by atoms with van der Waals surface area (Å²) in [5.74, 6) is 4.03. The van der Waals surface area contributed by atoms with Crippen LogP contribution in [0.1, 0.15) is 18.4 Å². The molecule has 1 aromatic rings. The van der Waals surface area contributed by atoms with E-state index in [0.29, 0.717) is 0 Å². The Bertz CT molecular complexity index is 370. The molecule has 0 aliphatic carbocycles. The summed E-state index contributed by atoms with van der Waals surface area (Å²) in [6, 6.07) is 3.32. The van der Waals surface area contributed by atoms with Crippen LogP contribution in [0.2, 0.25) is 0 Å². The Kier molecular flexibility index (Phi) is 3.70. The van der Waals surface area contributed by atoms with Crippen molar-refractivity contribution >= 4 is 5.69 Å². The van der Waals surface area contributed by atoms with Gasteiger partial charge in [0.05, 0.1) is 11.5 Å². The van der Waals surface area contributed by atoms with Gasteiger partial charge in [-0.3, -0.25) is 10.1 Å². The minimum atomic E-state index is -0.554. The van der Waals surface area contributed by atoms with Gasteiger partial charge in [-0.25, -0.2) is 10.3 Å². The Balaban J connectivity index is 3.12. The Morgan fingerprint density at radius 1 is 1.67 bits per heavy atom. The lowest BCUT2D eigenvalue weighted by molar-refractivity contribution is -0.385. The van der Waals surface area contributed by atoms with Crippen molar-refractivity contribution in [3.63, 3.8) is 0 Å². The molecule has 0 aliphatic rings. The van der Waals surface area contributed by atoms with Crippen LogP contribution in [-0.2, 0) is 4.84 Å². The molecule has 15 heavy (non-hydrogen) atoms. The molecule has 0 spiro atoms. The molecule has 0 bridgehead atoms. The maximum absolute atomic E-state index is 12.9. The van der Waals surface area contributed by atoms with E-state index in [9.17, 15) is 14.5 Å². The van der Waals surface area contributed by atoms with Crippen molar-refractivity contribution in [3.8, 4) is 0 Å². The fourth-order valence-corrected chi connectivity index (χ4v) is 1.32. The summed E-state index contributed by atoms with van der Waals surface area (Å²) in [5.41, 5.74) is 0.159. The lowest BCUT2D eigenvalue weighted by Gasteiger charge is -2.10. The van der Waals surface area contributed by atoms with Crippen molar-refractivity contribution in [1.82, 2.24) is 0 Å². The van der Waals surface area contributed by atoms with Crippen LogP contribution in [-0.4, -0.2) is 11.5 Å². The van der Waals surface area contributed by atoms with E-state index in [1.165, 1.54) is 0 Å². The van der Waals surface area contributed by atoms with E-state index in [-0.39, 0.29) is 23.8 Å². The second-order valence-corrected chi connectivity index (χ2v) is 3.19. The third kappa shape index (κ3) is 2.71. The summed E-state index contributed by atoms with van der Waals surface area (Å²) in [6.45, 7) is 1.78. The van der Waals surface area contributed by atoms with Crippen molar-refractivity contribution in [2.24, 2.45) is 5.90 Å². The van der Waals surface area contributed by atoms with E-state index in [4.69, 9.17) is 5.90 Å². The summed E-state index contributed by atoms with van der Waals surface area (Å²) in [4.78, 5) is 14.5. The third-order valence-corrected chi connectivity index (χ3v) is 2.06. The van der Waals surface area contributed by atoms with Crippen molar-refractivity contribution < 1.29 is 14.2 Å². The van der Waals surface area contributed by atoms with E-state index < -0.39 is 10.7 Å². The molecule has 0 amide bonds. The van der Waals surface area contributed by atoms with Crippen LogP contribution in [0.15, 0.2) is 18.2 Å². The van der Waals surface area contributed by atoms with E-state index in [0.717, 1.165) is 18.2 Å². The van der Waals surface area contributed by atoms with Gasteiger partial charge in [0.15, 0.2) is 0 Å². The predicted octanol–water partition coefficient (Wildman–Crippen LogP) is 1.73. The first kappa shape index (κ1) is 11.5. The highest BCUT2D eigenvalue weighted by atomic mass is 19.1. The zero-order chi connectivity index (χ0) is 11.4. The van der Waals surface area contributed by atoms with Crippen LogP contribution in [0.5, 0.6) is 0 Å². The first-order valence-electron chi connectivity index (χ1n) is 4.31. The monoisotopic (exact) mass is 214 g/mol. The minimum Gasteiger partial charge on any atom is -0.304 e. The highest BCUT2D eigenvalue weighted by Crippen LogP contribution is 2.27. The standard InChI is InChI=1S/C9H11FN2O3/c1-6(5-15-11)8-4-7(10)2-3-9(8)12(13)14/h2-4,6H,5,11H2,1H3. The molecule has 1 atom stereocenters. The molecular formula is C9H11FN2O3. The molecule has 0 saturated carbocycles. The topological polar surface area (TPSA) is 78.4 Å². The fraction of sp³-hybridized carbons (Fsp3) is 0.333. The first-order valence-corrected chi connectivity index (χ1v) is 4.31. The Hall–Kier alpha value is -1.53. The SMILES string of the molecule is CC(CON)c1cc(F)ccc1[N+](=O)[O-]. The second kappa shape index (κ2) is 4.81. The van der Waals surface area contributed by atoms with Crippen molar-refractivity contribution in [2.75, 3.05) is 6.61 Å². The predicted molar refractivity (Wildman–Crippen MR) is 51.6 cm³/mol. The number of rotatable bonds is 4. The zero-order valence-electron chi connectivity index (χ0n) is 8.14. The summed E-state index contributed by atoms with van der Waals surface area (Å²) in [5, 5.41) is 10.7. The molecular weight excluding hydrogens is 203 g/mol. The summed E-state index contributed by atoms with van der Waals surface area (Å²) < 4.78 is 12.9. The maximum atomic E-state index is 12.9. The maximum Gasteiger partial charge on any atom is 0.273 e. The molecule has 1 rings (SSSR count). The van der Waals surface area contributed by atoms with Crippen molar-refractivity contribution in [2.45, 2.75) is 12.8 Å². The van der Waals surface area contributed by atoms with E-state index >= 15 is 0 Å². The highest BCUT2D eigenvalue weighted by molar-refractivity contribution is 5.42. The fourth-order valence-electron chi connectivity index (χ4n) is 1.32. The number of hydrogen-bond donors (Lipinski definition) is 1. The third-order valence-electron chi connectivity index (χ3n) is 2.06. The van der Waals surface area contributed by atoms with Crippen molar-refractivity contribution in [3.05, 3.63) is 39.7 Å². The molecule has 0 heterocycles. The molecule has 0 fully saturated rings.